The Morgan fingerprint density at radius 2 is 2.00 bits per heavy atom. The zero-order valence-electron chi connectivity index (χ0n) is 11.8. The van der Waals surface area contributed by atoms with Crippen LogP contribution in [-0.4, -0.2) is 34.3 Å². The molecular weight excluding hydrogens is 272 g/mol. The van der Waals surface area contributed by atoms with Crippen molar-refractivity contribution in [1.29, 1.82) is 0 Å². The van der Waals surface area contributed by atoms with Crippen molar-refractivity contribution in [3.63, 3.8) is 0 Å². The summed E-state index contributed by atoms with van der Waals surface area (Å²) in [6.07, 6.45) is 5.95. The fourth-order valence-electron chi connectivity index (χ4n) is 2.78. The molecule has 2 rings (SSSR count). The Morgan fingerprint density at radius 3 is 2.52 bits per heavy atom. The van der Waals surface area contributed by atoms with Gasteiger partial charge in [0.2, 0.25) is 0 Å². The van der Waals surface area contributed by atoms with E-state index in [1.54, 1.807) is 13.0 Å². The fraction of sp³-hybridized carbons (Fsp3) is 0.467. The highest BCUT2D eigenvalue weighted by Gasteiger charge is 2.37. The van der Waals surface area contributed by atoms with Crippen LogP contribution in [0.5, 0.6) is 0 Å². The number of aliphatic carboxylic acids is 1. The van der Waals surface area contributed by atoms with E-state index in [1.165, 1.54) is 0 Å². The van der Waals surface area contributed by atoms with E-state index in [-0.39, 0.29) is 11.6 Å². The fourth-order valence-corrected chi connectivity index (χ4v) is 2.78. The van der Waals surface area contributed by atoms with Gasteiger partial charge in [-0.3, -0.25) is 19.3 Å². The minimum atomic E-state index is -1.28. The quantitative estimate of drug-likeness (QED) is 0.487. The van der Waals surface area contributed by atoms with Gasteiger partial charge in [-0.1, -0.05) is 18.9 Å². The van der Waals surface area contributed by atoms with Gasteiger partial charge in [0.05, 0.1) is 6.57 Å². The standard InChI is InChI=1S/C15H16N2O4/c1-9-11(7-10-5-3-4-6-10)14(20)17(8-12(18)19)15(21)13(9)16-2/h7,10H,3-6,8H2,1H3,(H,18,19). The Morgan fingerprint density at radius 1 is 1.38 bits per heavy atom. The van der Waals surface area contributed by atoms with Crippen molar-refractivity contribution in [2.24, 2.45) is 5.92 Å². The minimum absolute atomic E-state index is 0.167. The maximum Gasteiger partial charge on any atom is 0.323 e. The number of carbonyl (C=O) groups excluding carboxylic acids is 2. The second kappa shape index (κ2) is 5.92. The molecule has 0 saturated heterocycles. The summed E-state index contributed by atoms with van der Waals surface area (Å²) in [6.45, 7) is 7.96. The van der Waals surface area contributed by atoms with Crippen LogP contribution in [0.3, 0.4) is 0 Å². The number of imide groups is 1. The first-order valence-corrected chi connectivity index (χ1v) is 6.84. The summed E-state index contributed by atoms with van der Waals surface area (Å²) in [4.78, 5) is 39.1. The number of hydrogen-bond acceptors (Lipinski definition) is 3. The van der Waals surface area contributed by atoms with Gasteiger partial charge >= 0.3 is 5.97 Å². The van der Waals surface area contributed by atoms with Crippen molar-refractivity contribution in [3.8, 4) is 0 Å². The third-order valence-electron chi connectivity index (χ3n) is 3.89. The van der Waals surface area contributed by atoms with E-state index in [2.05, 4.69) is 4.85 Å². The molecule has 1 fully saturated rings. The van der Waals surface area contributed by atoms with Gasteiger partial charge in [0.1, 0.15) is 6.54 Å². The van der Waals surface area contributed by atoms with Crippen LogP contribution < -0.4 is 0 Å². The molecule has 0 radical (unpaired) electrons. The average molecular weight is 288 g/mol. The molecule has 0 aromatic heterocycles. The van der Waals surface area contributed by atoms with Crippen molar-refractivity contribution >= 4 is 17.8 Å². The number of carboxylic acid groups (broad SMARTS) is 1. The molecule has 1 N–H and O–H groups in total. The summed E-state index contributed by atoms with van der Waals surface area (Å²) < 4.78 is 0. The van der Waals surface area contributed by atoms with Crippen molar-refractivity contribution in [3.05, 3.63) is 34.3 Å². The molecule has 1 saturated carbocycles. The molecule has 1 aliphatic carbocycles. The molecule has 0 unspecified atom stereocenters. The maximum absolute atomic E-state index is 12.4. The average Bonchev–Trinajstić information content (AvgIpc) is 2.93. The van der Waals surface area contributed by atoms with Crippen LogP contribution in [0.1, 0.15) is 32.6 Å². The number of allylic oxidation sites excluding steroid dienone is 1. The maximum atomic E-state index is 12.4. The molecule has 110 valence electrons. The summed E-state index contributed by atoms with van der Waals surface area (Å²) in [5, 5.41) is 8.84. The Bertz CT molecular complexity index is 604. The highest BCUT2D eigenvalue weighted by atomic mass is 16.4. The van der Waals surface area contributed by atoms with Gasteiger partial charge in [-0.05, 0) is 31.3 Å². The Balaban J connectivity index is 2.45. The summed E-state index contributed by atoms with van der Waals surface area (Å²) in [5.41, 5.74) is 0.488. The Hall–Kier alpha value is -2.42. The second-order valence-electron chi connectivity index (χ2n) is 5.30. The molecule has 1 aliphatic heterocycles. The highest BCUT2D eigenvalue weighted by molar-refractivity contribution is 6.18. The second-order valence-corrected chi connectivity index (χ2v) is 5.30. The third-order valence-corrected chi connectivity index (χ3v) is 3.89. The van der Waals surface area contributed by atoms with Gasteiger partial charge in [-0.15, -0.1) is 0 Å². The van der Waals surface area contributed by atoms with Crippen molar-refractivity contribution in [1.82, 2.24) is 4.90 Å². The monoisotopic (exact) mass is 288 g/mol. The van der Waals surface area contributed by atoms with E-state index in [4.69, 9.17) is 11.7 Å². The number of carbonyl (C=O) groups is 3. The molecule has 0 spiro atoms. The van der Waals surface area contributed by atoms with Gasteiger partial charge in [-0.2, -0.15) is 0 Å². The van der Waals surface area contributed by atoms with E-state index in [1.807, 2.05) is 0 Å². The van der Waals surface area contributed by atoms with Crippen molar-refractivity contribution in [2.75, 3.05) is 6.54 Å². The van der Waals surface area contributed by atoms with Crippen LogP contribution in [0.2, 0.25) is 0 Å². The normalized spacial score (nSPS) is 22.1. The first-order valence-electron chi connectivity index (χ1n) is 6.84. The Labute approximate surface area is 122 Å². The van der Waals surface area contributed by atoms with Gasteiger partial charge in [0.15, 0.2) is 0 Å². The van der Waals surface area contributed by atoms with Gasteiger partial charge in [0, 0.05) is 5.57 Å². The lowest BCUT2D eigenvalue weighted by Crippen LogP contribution is -2.45. The van der Waals surface area contributed by atoms with E-state index < -0.39 is 24.3 Å². The first kappa shape index (κ1) is 15.0. The Kier molecular flexibility index (Phi) is 4.22. The lowest BCUT2D eigenvalue weighted by molar-refractivity contribution is -0.149. The molecule has 2 aliphatic rings. The smallest absolute Gasteiger partial charge is 0.323 e. The molecule has 0 bridgehead atoms. The van der Waals surface area contributed by atoms with Gasteiger partial charge < -0.3 is 5.11 Å². The SMILES string of the molecule is [C-]#[N+]C1=C(C)C(=CC2CCCC2)C(=O)N(CC(=O)O)C1=O. The number of amides is 2. The zero-order valence-corrected chi connectivity index (χ0v) is 11.8. The van der Waals surface area contributed by atoms with Crippen LogP contribution >= 0.6 is 0 Å². The molecular formula is C15H16N2O4. The van der Waals surface area contributed by atoms with E-state index in [9.17, 15) is 14.4 Å². The van der Waals surface area contributed by atoms with E-state index in [0.717, 1.165) is 25.7 Å². The largest absolute Gasteiger partial charge is 0.480 e. The van der Waals surface area contributed by atoms with Crippen molar-refractivity contribution < 1.29 is 19.5 Å². The number of nitrogens with zero attached hydrogens (tertiary/aromatic N) is 2. The molecule has 2 amide bonds. The molecule has 0 aromatic carbocycles. The number of hydrogen-bond donors (Lipinski definition) is 1. The van der Waals surface area contributed by atoms with Gasteiger partial charge in [-0.25, -0.2) is 4.85 Å². The summed E-state index contributed by atoms with van der Waals surface area (Å²) >= 11 is 0. The number of rotatable bonds is 3. The van der Waals surface area contributed by atoms with Crippen LogP contribution in [-0.2, 0) is 14.4 Å². The van der Waals surface area contributed by atoms with Crippen LogP contribution in [0, 0.1) is 12.5 Å². The first-order chi connectivity index (χ1) is 9.95. The van der Waals surface area contributed by atoms with Gasteiger partial charge in [0.25, 0.3) is 17.5 Å². The van der Waals surface area contributed by atoms with E-state index in [0.29, 0.717) is 16.0 Å². The van der Waals surface area contributed by atoms with E-state index >= 15 is 0 Å². The summed E-state index contributed by atoms with van der Waals surface area (Å²) in [7, 11) is 0. The van der Waals surface area contributed by atoms with Crippen LogP contribution in [0.4, 0.5) is 0 Å². The van der Waals surface area contributed by atoms with Crippen LogP contribution in [0.25, 0.3) is 4.85 Å². The summed E-state index contributed by atoms with van der Waals surface area (Å²) in [5.74, 6) is -2.45. The lowest BCUT2D eigenvalue weighted by Gasteiger charge is -2.26. The molecule has 21 heavy (non-hydrogen) atoms. The molecule has 6 nitrogen and oxygen atoms in total. The molecule has 6 heteroatoms. The third kappa shape index (κ3) is 2.87. The summed E-state index contributed by atoms with van der Waals surface area (Å²) in [6, 6.07) is 0. The predicted molar refractivity (Wildman–Crippen MR) is 73.7 cm³/mol. The molecule has 0 aromatic rings. The minimum Gasteiger partial charge on any atom is -0.480 e. The molecule has 1 heterocycles. The van der Waals surface area contributed by atoms with Crippen LogP contribution in [0.15, 0.2) is 22.9 Å². The van der Waals surface area contributed by atoms with Crippen molar-refractivity contribution in [2.45, 2.75) is 32.6 Å². The molecule has 0 atom stereocenters. The highest BCUT2D eigenvalue weighted by Crippen LogP contribution is 2.32. The lowest BCUT2D eigenvalue weighted by atomic mass is 9.94. The zero-order chi connectivity index (χ0) is 15.6. The topological polar surface area (TPSA) is 79.0 Å². The predicted octanol–water partition coefficient (Wildman–Crippen LogP) is 1.75. The number of carboxylic acids is 1.